The number of rotatable bonds is 8. The molecule has 0 aliphatic carbocycles. The minimum absolute atomic E-state index is 0.0222. The number of hydrogen-bond acceptors (Lipinski definition) is 4. The van der Waals surface area contributed by atoms with Gasteiger partial charge in [0.1, 0.15) is 17.6 Å². The normalized spacial score (nSPS) is 12.5. The minimum Gasteiger partial charge on any atom is -0.491 e. The standard InChI is InChI=1S/C20H25FN2O4S/c1-5-18(23(28(4,25)26)19-9-7-6-8-17(19)21)20(24)22-15-10-12-16(13-11-15)27-14(2)3/h6-14,18H,5H2,1-4H3,(H,22,24). The van der Waals surface area contributed by atoms with Crippen LogP contribution in [0.1, 0.15) is 27.2 Å². The van der Waals surface area contributed by atoms with Gasteiger partial charge in [-0.25, -0.2) is 12.8 Å². The number of ether oxygens (including phenoxy) is 1. The van der Waals surface area contributed by atoms with E-state index in [2.05, 4.69) is 5.32 Å². The second-order valence-corrected chi connectivity index (χ2v) is 8.47. The molecular formula is C20H25FN2O4S. The van der Waals surface area contributed by atoms with Gasteiger partial charge in [-0.3, -0.25) is 9.10 Å². The van der Waals surface area contributed by atoms with E-state index in [9.17, 15) is 17.6 Å². The van der Waals surface area contributed by atoms with E-state index in [1.165, 1.54) is 18.2 Å². The molecule has 0 heterocycles. The molecule has 0 bridgehead atoms. The lowest BCUT2D eigenvalue weighted by atomic mass is 10.1. The molecule has 0 saturated heterocycles. The minimum atomic E-state index is -3.90. The van der Waals surface area contributed by atoms with Gasteiger partial charge < -0.3 is 10.1 Å². The maximum Gasteiger partial charge on any atom is 0.248 e. The third-order valence-corrected chi connectivity index (χ3v) is 5.08. The predicted molar refractivity (Wildman–Crippen MR) is 109 cm³/mol. The lowest BCUT2D eigenvalue weighted by molar-refractivity contribution is -0.117. The average Bonchev–Trinajstić information content (AvgIpc) is 2.60. The van der Waals surface area contributed by atoms with E-state index in [0.717, 1.165) is 16.6 Å². The summed E-state index contributed by atoms with van der Waals surface area (Å²) in [6.45, 7) is 5.48. The molecule has 0 aliphatic rings. The number of nitrogens with zero attached hydrogens (tertiary/aromatic N) is 1. The summed E-state index contributed by atoms with van der Waals surface area (Å²) in [5.74, 6) is -0.604. The van der Waals surface area contributed by atoms with E-state index in [1.807, 2.05) is 13.8 Å². The number of amides is 1. The Morgan fingerprint density at radius 3 is 2.25 bits per heavy atom. The van der Waals surface area contributed by atoms with Crippen LogP contribution in [-0.2, 0) is 14.8 Å². The molecule has 0 fully saturated rings. The van der Waals surface area contributed by atoms with Crippen LogP contribution >= 0.6 is 0 Å². The van der Waals surface area contributed by atoms with Crippen LogP contribution in [0.4, 0.5) is 15.8 Å². The van der Waals surface area contributed by atoms with Gasteiger partial charge in [-0.05, 0) is 56.7 Å². The first-order chi connectivity index (χ1) is 13.1. The number of anilines is 2. The highest BCUT2D eigenvalue weighted by atomic mass is 32.2. The molecule has 0 spiro atoms. The number of carbonyl (C=O) groups excluding carboxylic acids is 1. The van der Waals surface area contributed by atoms with Crippen molar-refractivity contribution in [1.82, 2.24) is 0 Å². The van der Waals surface area contributed by atoms with E-state index in [-0.39, 0.29) is 18.2 Å². The topological polar surface area (TPSA) is 75.7 Å². The summed E-state index contributed by atoms with van der Waals surface area (Å²) in [5, 5.41) is 2.69. The number of nitrogens with one attached hydrogen (secondary N) is 1. The highest BCUT2D eigenvalue weighted by Crippen LogP contribution is 2.26. The van der Waals surface area contributed by atoms with Crippen molar-refractivity contribution in [3.63, 3.8) is 0 Å². The number of sulfonamides is 1. The highest BCUT2D eigenvalue weighted by molar-refractivity contribution is 7.92. The molecule has 2 aromatic rings. The van der Waals surface area contributed by atoms with Gasteiger partial charge in [0.25, 0.3) is 0 Å². The first-order valence-corrected chi connectivity index (χ1v) is 10.8. The second-order valence-electron chi connectivity index (χ2n) is 6.61. The van der Waals surface area contributed by atoms with Crippen molar-refractivity contribution in [3.8, 4) is 5.75 Å². The molecule has 8 heteroatoms. The Bertz CT molecular complexity index is 914. The molecule has 152 valence electrons. The fourth-order valence-electron chi connectivity index (χ4n) is 2.78. The summed E-state index contributed by atoms with van der Waals surface area (Å²) in [5.41, 5.74) is 0.328. The number of benzene rings is 2. The molecule has 1 atom stereocenters. The Balaban J connectivity index is 2.28. The lowest BCUT2D eigenvalue weighted by Gasteiger charge is -2.30. The first-order valence-electron chi connectivity index (χ1n) is 8.95. The van der Waals surface area contributed by atoms with Crippen LogP contribution in [0, 0.1) is 5.82 Å². The maximum absolute atomic E-state index is 14.3. The van der Waals surface area contributed by atoms with Crippen LogP contribution in [0.5, 0.6) is 5.75 Å². The smallest absolute Gasteiger partial charge is 0.248 e. The molecule has 0 saturated carbocycles. The van der Waals surface area contributed by atoms with Crippen molar-refractivity contribution in [3.05, 3.63) is 54.3 Å². The van der Waals surface area contributed by atoms with Gasteiger partial charge in [-0.2, -0.15) is 0 Å². The molecular weight excluding hydrogens is 383 g/mol. The first kappa shape index (κ1) is 21.7. The van der Waals surface area contributed by atoms with Crippen molar-refractivity contribution >= 4 is 27.3 Å². The summed E-state index contributed by atoms with van der Waals surface area (Å²) < 4.78 is 45.3. The van der Waals surface area contributed by atoms with Crippen LogP contribution in [0.25, 0.3) is 0 Å². The van der Waals surface area contributed by atoms with Gasteiger partial charge in [-0.15, -0.1) is 0 Å². The van der Waals surface area contributed by atoms with Gasteiger partial charge in [0.2, 0.25) is 15.9 Å². The maximum atomic E-state index is 14.3. The molecule has 6 nitrogen and oxygen atoms in total. The molecule has 2 rings (SSSR count). The van der Waals surface area contributed by atoms with E-state index < -0.39 is 27.8 Å². The molecule has 28 heavy (non-hydrogen) atoms. The molecule has 0 radical (unpaired) electrons. The van der Waals surface area contributed by atoms with Crippen LogP contribution in [0.15, 0.2) is 48.5 Å². The van der Waals surface area contributed by atoms with Crippen LogP contribution in [0.2, 0.25) is 0 Å². The Hall–Kier alpha value is -2.61. The monoisotopic (exact) mass is 408 g/mol. The molecule has 1 N–H and O–H groups in total. The second kappa shape index (κ2) is 9.05. The zero-order valence-electron chi connectivity index (χ0n) is 16.3. The van der Waals surface area contributed by atoms with Crippen LogP contribution in [0.3, 0.4) is 0 Å². The Morgan fingerprint density at radius 2 is 1.75 bits per heavy atom. The van der Waals surface area contributed by atoms with E-state index >= 15 is 0 Å². The Morgan fingerprint density at radius 1 is 1.14 bits per heavy atom. The summed E-state index contributed by atoms with van der Waals surface area (Å²) in [7, 11) is -3.90. The number of para-hydroxylation sites is 1. The van der Waals surface area contributed by atoms with Crippen molar-refractivity contribution in [1.29, 1.82) is 0 Å². The Kier molecular flexibility index (Phi) is 7.01. The van der Waals surface area contributed by atoms with Gasteiger partial charge in [0.05, 0.1) is 18.0 Å². The summed E-state index contributed by atoms with van der Waals surface area (Å²) >= 11 is 0. The van der Waals surface area contributed by atoms with Crippen LogP contribution < -0.4 is 14.4 Å². The number of halogens is 1. The van der Waals surface area contributed by atoms with Crippen molar-refractivity contribution in [2.24, 2.45) is 0 Å². The summed E-state index contributed by atoms with van der Waals surface area (Å²) in [6, 6.07) is 11.1. The molecule has 1 amide bonds. The van der Waals surface area contributed by atoms with Crippen LogP contribution in [-0.4, -0.2) is 32.7 Å². The summed E-state index contributed by atoms with van der Waals surface area (Å²) in [4.78, 5) is 12.8. The predicted octanol–water partition coefficient (Wildman–Crippen LogP) is 3.80. The SMILES string of the molecule is CCC(C(=O)Nc1ccc(OC(C)C)cc1)N(c1ccccc1F)S(C)(=O)=O. The van der Waals surface area contributed by atoms with Gasteiger partial charge in [-0.1, -0.05) is 19.1 Å². The zero-order valence-corrected chi connectivity index (χ0v) is 17.2. The third-order valence-electron chi connectivity index (χ3n) is 3.91. The van der Waals surface area contributed by atoms with Gasteiger partial charge in [0, 0.05) is 5.69 Å². The number of carbonyl (C=O) groups is 1. The fraction of sp³-hybridized carbons (Fsp3) is 0.350. The Labute approximate surface area is 165 Å². The zero-order chi connectivity index (χ0) is 20.9. The van der Waals surface area contributed by atoms with E-state index in [1.54, 1.807) is 31.2 Å². The quantitative estimate of drug-likeness (QED) is 0.721. The van der Waals surface area contributed by atoms with Gasteiger partial charge >= 0.3 is 0 Å². The fourth-order valence-corrected chi connectivity index (χ4v) is 3.99. The van der Waals surface area contributed by atoms with Crippen molar-refractivity contribution in [2.75, 3.05) is 15.9 Å². The third kappa shape index (κ3) is 5.45. The lowest BCUT2D eigenvalue weighted by Crippen LogP contribution is -2.47. The summed E-state index contributed by atoms with van der Waals surface area (Å²) in [6.07, 6.45) is 1.14. The van der Waals surface area contributed by atoms with Crippen molar-refractivity contribution in [2.45, 2.75) is 39.3 Å². The largest absolute Gasteiger partial charge is 0.491 e. The average molecular weight is 408 g/mol. The molecule has 0 aromatic heterocycles. The molecule has 2 aromatic carbocycles. The molecule has 1 unspecified atom stereocenters. The highest BCUT2D eigenvalue weighted by Gasteiger charge is 2.33. The number of hydrogen-bond donors (Lipinski definition) is 1. The van der Waals surface area contributed by atoms with Gasteiger partial charge in [0.15, 0.2) is 0 Å². The van der Waals surface area contributed by atoms with E-state index in [0.29, 0.717) is 11.4 Å². The molecule has 0 aliphatic heterocycles. The van der Waals surface area contributed by atoms with Crippen molar-refractivity contribution < 1.29 is 22.3 Å². The van der Waals surface area contributed by atoms with E-state index in [4.69, 9.17) is 4.74 Å².